The van der Waals surface area contributed by atoms with Crippen LogP contribution in [0.15, 0.2) is 17.6 Å². The van der Waals surface area contributed by atoms with Crippen LogP contribution in [0.2, 0.25) is 0 Å². The van der Waals surface area contributed by atoms with Gasteiger partial charge in [0.25, 0.3) is 0 Å². The summed E-state index contributed by atoms with van der Waals surface area (Å²) in [5.41, 5.74) is 2.22. The van der Waals surface area contributed by atoms with Crippen molar-refractivity contribution in [2.45, 2.75) is 32.7 Å². The van der Waals surface area contributed by atoms with E-state index >= 15 is 0 Å². The number of fused-ring (bicyclic) bond motifs is 1. The molecule has 27 heavy (non-hydrogen) atoms. The maximum atomic E-state index is 12.4. The highest BCUT2D eigenvalue weighted by Gasteiger charge is 2.39. The first kappa shape index (κ1) is 17.9. The van der Waals surface area contributed by atoms with Crippen molar-refractivity contribution in [3.05, 3.63) is 34.7 Å². The molecule has 0 aliphatic carbocycles. The Kier molecular flexibility index (Phi) is 4.59. The summed E-state index contributed by atoms with van der Waals surface area (Å²) in [6, 6.07) is 2.08. The van der Waals surface area contributed by atoms with Crippen LogP contribution in [0.25, 0.3) is 10.2 Å². The zero-order chi connectivity index (χ0) is 19.1. The van der Waals surface area contributed by atoms with Crippen LogP contribution in [0.5, 0.6) is 0 Å². The van der Waals surface area contributed by atoms with E-state index in [2.05, 4.69) is 40.3 Å². The van der Waals surface area contributed by atoms with Crippen molar-refractivity contribution >= 4 is 33.3 Å². The summed E-state index contributed by atoms with van der Waals surface area (Å²) < 4.78 is 1.86. The van der Waals surface area contributed by atoms with E-state index in [-0.39, 0.29) is 17.9 Å². The van der Waals surface area contributed by atoms with E-state index in [0.717, 1.165) is 39.5 Å². The van der Waals surface area contributed by atoms with E-state index in [9.17, 15) is 4.79 Å². The normalized spacial score (nSPS) is 20.0. The second-order valence-corrected chi connectivity index (χ2v) is 7.98. The average molecular weight is 385 g/mol. The molecule has 142 valence electrons. The van der Waals surface area contributed by atoms with Crippen molar-refractivity contribution in [1.29, 1.82) is 0 Å². The molecule has 3 aromatic heterocycles. The molecule has 7 nitrogen and oxygen atoms in total. The maximum Gasteiger partial charge on any atom is 0.223 e. The second-order valence-electron chi connectivity index (χ2n) is 7.08. The standard InChI is InChI=1S/C19H24N6OS/c1-5-15-22-18(13-6-7-27-19(13)23-15)20-9-12-8-16(26)24(3)17(12)14-10-21-25(4)11(14)2/h6-7,10,12,17H,5,8-9H2,1-4H3,(H,20,22,23)/t12-,17+/m0/s1. The van der Waals surface area contributed by atoms with Crippen LogP contribution in [0, 0.1) is 12.8 Å². The van der Waals surface area contributed by atoms with E-state index in [0.29, 0.717) is 13.0 Å². The van der Waals surface area contributed by atoms with Crippen molar-refractivity contribution in [2.24, 2.45) is 13.0 Å². The summed E-state index contributed by atoms with van der Waals surface area (Å²) in [5.74, 6) is 2.04. The quantitative estimate of drug-likeness (QED) is 0.732. The molecule has 0 spiro atoms. The van der Waals surface area contributed by atoms with Crippen LogP contribution in [0.1, 0.15) is 36.5 Å². The number of amides is 1. The third-order valence-electron chi connectivity index (χ3n) is 5.51. The van der Waals surface area contributed by atoms with Gasteiger partial charge >= 0.3 is 0 Å². The van der Waals surface area contributed by atoms with Gasteiger partial charge in [-0.15, -0.1) is 11.3 Å². The highest BCUT2D eigenvalue weighted by molar-refractivity contribution is 7.16. The van der Waals surface area contributed by atoms with E-state index in [1.807, 2.05) is 35.3 Å². The molecular weight excluding hydrogens is 360 g/mol. The fourth-order valence-electron chi connectivity index (χ4n) is 3.82. The number of nitrogens with one attached hydrogen (secondary N) is 1. The fraction of sp³-hybridized carbons (Fsp3) is 0.474. The van der Waals surface area contributed by atoms with E-state index in [1.165, 1.54) is 0 Å². The summed E-state index contributed by atoms with van der Waals surface area (Å²) in [7, 11) is 3.82. The Balaban J connectivity index is 1.61. The molecule has 4 rings (SSSR count). The Bertz CT molecular complexity index is 993. The molecule has 0 unspecified atom stereocenters. The Morgan fingerprint density at radius 3 is 2.85 bits per heavy atom. The maximum absolute atomic E-state index is 12.4. The van der Waals surface area contributed by atoms with Crippen molar-refractivity contribution in [2.75, 3.05) is 18.9 Å². The highest BCUT2D eigenvalue weighted by Crippen LogP contribution is 2.38. The molecule has 2 atom stereocenters. The number of hydrogen-bond acceptors (Lipinski definition) is 6. The molecule has 4 heterocycles. The smallest absolute Gasteiger partial charge is 0.223 e. The Morgan fingerprint density at radius 2 is 2.15 bits per heavy atom. The molecule has 0 aromatic carbocycles. The predicted octanol–water partition coefficient (Wildman–Crippen LogP) is 2.93. The summed E-state index contributed by atoms with van der Waals surface area (Å²) in [5, 5.41) is 11.0. The van der Waals surface area contributed by atoms with Gasteiger partial charge in [0.15, 0.2) is 0 Å². The Morgan fingerprint density at radius 1 is 1.33 bits per heavy atom. The number of hydrogen-bond donors (Lipinski definition) is 1. The largest absolute Gasteiger partial charge is 0.369 e. The number of nitrogens with zero attached hydrogens (tertiary/aromatic N) is 5. The topological polar surface area (TPSA) is 75.9 Å². The second kappa shape index (κ2) is 6.92. The lowest BCUT2D eigenvalue weighted by molar-refractivity contribution is -0.127. The molecule has 1 aliphatic rings. The molecule has 1 fully saturated rings. The number of aromatic nitrogens is 4. The first-order valence-corrected chi connectivity index (χ1v) is 10.1. The summed E-state index contributed by atoms with van der Waals surface area (Å²) >= 11 is 1.63. The number of anilines is 1. The van der Waals surface area contributed by atoms with Crippen LogP contribution in [-0.4, -0.2) is 44.1 Å². The molecular formula is C19H24N6OS. The summed E-state index contributed by atoms with van der Waals surface area (Å²) in [6.07, 6.45) is 3.21. The van der Waals surface area contributed by atoms with Gasteiger partial charge in [-0.2, -0.15) is 5.10 Å². The number of aryl methyl sites for hydroxylation is 2. The van der Waals surface area contributed by atoms with Crippen molar-refractivity contribution in [1.82, 2.24) is 24.6 Å². The van der Waals surface area contributed by atoms with Crippen LogP contribution < -0.4 is 5.32 Å². The molecule has 3 aromatic rings. The van der Waals surface area contributed by atoms with Crippen LogP contribution in [0.4, 0.5) is 5.82 Å². The zero-order valence-electron chi connectivity index (χ0n) is 16.1. The number of carbonyl (C=O) groups is 1. The summed E-state index contributed by atoms with van der Waals surface area (Å²) in [4.78, 5) is 24.5. The lowest BCUT2D eigenvalue weighted by atomic mass is 9.94. The Labute approximate surface area is 162 Å². The molecule has 0 saturated carbocycles. The lowest BCUT2D eigenvalue weighted by Crippen LogP contribution is -2.27. The van der Waals surface area contributed by atoms with Crippen molar-refractivity contribution < 1.29 is 4.79 Å². The number of carbonyl (C=O) groups excluding carboxylic acids is 1. The minimum absolute atomic E-state index is 0.0316. The average Bonchev–Trinajstić information content (AvgIpc) is 3.33. The number of likely N-dealkylation sites (tertiary alicyclic amines) is 1. The zero-order valence-corrected chi connectivity index (χ0v) is 16.9. The van der Waals surface area contributed by atoms with Crippen molar-refractivity contribution in [3.63, 3.8) is 0 Å². The van der Waals surface area contributed by atoms with Crippen LogP contribution >= 0.6 is 11.3 Å². The lowest BCUT2D eigenvalue weighted by Gasteiger charge is -2.25. The minimum atomic E-state index is 0.0316. The van der Waals surface area contributed by atoms with Crippen LogP contribution in [0.3, 0.4) is 0 Å². The molecule has 1 saturated heterocycles. The molecule has 8 heteroatoms. The predicted molar refractivity (Wildman–Crippen MR) is 107 cm³/mol. The minimum Gasteiger partial charge on any atom is -0.369 e. The molecule has 0 radical (unpaired) electrons. The van der Waals surface area contributed by atoms with Gasteiger partial charge in [0, 0.05) is 50.7 Å². The monoisotopic (exact) mass is 384 g/mol. The molecule has 1 aliphatic heterocycles. The fourth-order valence-corrected chi connectivity index (χ4v) is 4.61. The van der Waals surface area contributed by atoms with Gasteiger partial charge in [-0.1, -0.05) is 6.92 Å². The SMILES string of the molecule is CCc1nc(NC[C@@H]2CC(=O)N(C)[C@H]2c2cnn(C)c2C)c2ccsc2n1. The van der Waals surface area contributed by atoms with Gasteiger partial charge in [-0.25, -0.2) is 9.97 Å². The van der Waals surface area contributed by atoms with Crippen molar-refractivity contribution in [3.8, 4) is 0 Å². The van der Waals surface area contributed by atoms with Gasteiger partial charge in [0.2, 0.25) is 5.91 Å². The van der Waals surface area contributed by atoms with Gasteiger partial charge in [-0.05, 0) is 18.4 Å². The van der Waals surface area contributed by atoms with E-state index in [4.69, 9.17) is 0 Å². The molecule has 0 bridgehead atoms. The van der Waals surface area contributed by atoms with Gasteiger partial charge < -0.3 is 10.2 Å². The number of thiophene rings is 1. The molecule has 1 amide bonds. The van der Waals surface area contributed by atoms with E-state index in [1.54, 1.807) is 11.3 Å². The Hall–Kier alpha value is -2.48. The summed E-state index contributed by atoms with van der Waals surface area (Å²) in [6.45, 7) is 4.79. The molecule has 1 N–H and O–H groups in total. The first-order valence-electron chi connectivity index (χ1n) is 9.21. The third kappa shape index (κ3) is 3.07. The van der Waals surface area contributed by atoms with Gasteiger partial charge in [0.05, 0.1) is 17.6 Å². The van der Waals surface area contributed by atoms with E-state index < -0.39 is 0 Å². The highest BCUT2D eigenvalue weighted by atomic mass is 32.1. The number of rotatable bonds is 5. The first-order chi connectivity index (χ1) is 13.0. The van der Waals surface area contributed by atoms with Crippen LogP contribution in [-0.2, 0) is 18.3 Å². The van der Waals surface area contributed by atoms with Gasteiger partial charge in [-0.3, -0.25) is 9.48 Å². The van der Waals surface area contributed by atoms with Gasteiger partial charge in [0.1, 0.15) is 16.5 Å². The third-order valence-corrected chi connectivity index (χ3v) is 6.31.